The second kappa shape index (κ2) is 12.2. The van der Waals surface area contributed by atoms with E-state index in [1.165, 1.54) is 13.0 Å². The summed E-state index contributed by atoms with van der Waals surface area (Å²) in [5.74, 6) is -1.42. The van der Waals surface area contributed by atoms with Crippen molar-refractivity contribution in [1.29, 1.82) is 0 Å². The van der Waals surface area contributed by atoms with E-state index in [1.807, 2.05) is 30.3 Å². The SMILES string of the molecule is CC(=O)Oc1cccc(C(=O)NCC2CCN(C(=O)C(Cc3ccccc3)N3C(=O)c4ccccc4C3=O)CC2)c1. The van der Waals surface area contributed by atoms with Crippen molar-refractivity contribution in [2.75, 3.05) is 19.6 Å². The number of benzene rings is 3. The van der Waals surface area contributed by atoms with Gasteiger partial charge in [0.2, 0.25) is 5.91 Å². The van der Waals surface area contributed by atoms with Crippen molar-refractivity contribution in [3.05, 3.63) is 101 Å². The molecule has 1 saturated heterocycles. The summed E-state index contributed by atoms with van der Waals surface area (Å²) >= 11 is 0. The van der Waals surface area contributed by atoms with Crippen molar-refractivity contribution in [3.63, 3.8) is 0 Å². The number of ether oxygens (including phenoxy) is 1. The Hall–Kier alpha value is -4.79. The van der Waals surface area contributed by atoms with Gasteiger partial charge in [-0.15, -0.1) is 0 Å². The Morgan fingerprint density at radius 3 is 2.15 bits per heavy atom. The summed E-state index contributed by atoms with van der Waals surface area (Å²) in [7, 11) is 0. The summed E-state index contributed by atoms with van der Waals surface area (Å²) in [5.41, 5.74) is 1.88. The molecule has 5 rings (SSSR count). The minimum Gasteiger partial charge on any atom is -0.427 e. The topological polar surface area (TPSA) is 113 Å². The number of amides is 4. The third-order valence-electron chi connectivity index (χ3n) is 7.53. The Morgan fingerprint density at radius 1 is 0.878 bits per heavy atom. The van der Waals surface area contributed by atoms with Crippen LogP contribution in [0.4, 0.5) is 0 Å². The van der Waals surface area contributed by atoms with Crippen LogP contribution in [-0.2, 0) is 16.0 Å². The van der Waals surface area contributed by atoms with Gasteiger partial charge in [0.05, 0.1) is 11.1 Å². The standard InChI is InChI=1S/C32H31N3O6/c1-21(36)41-25-11-7-10-24(19-25)29(37)33-20-23-14-16-34(17-15-23)32(40)28(18-22-8-3-2-4-9-22)35-30(38)26-12-5-6-13-27(26)31(35)39/h2-13,19,23,28H,14-18,20H2,1H3,(H,33,37). The lowest BCUT2D eigenvalue weighted by Gasteiger charge is -2.36. The maximum absolute atomic E-state index is 13.9. The summed E-state index contributed by atoms with van der Waals surface area (Å²) in [6, 6.07) is 21.5. The van der Waals surface area contributed by atoms with Gasteiger partial charge in [0.1, 0.15) is 11.8 Å². The lowest BCUT2D eigenvalue weighted by Crippen LogP contribution is -2.54. The number of esters is 1. The molecule has 0 aromatic heterocycles. The predicted molar refractivity (Wildman–Crippen MR) is 150 cm³/mol. The number of piperidine rings is 1. The van der Waals surface area contributed by atoms with E-state index in [-0.39, 0.29) is 24.2 Å². The molecule has 9 heteroatoms. The lowest BCUT2D eigenvalue weighted by atomic mass is 9.95. The molecule has 0 aliphatic carbocycles. The quantitative estimate of drug-likeness (QED) is 0.260. The van der Waals surface area contributed by atoms with E-state index in [0.717, 1.165) is 10.5 Å². The summed E-state index contributed by atoms with van der Waals surface area (Å²) < 4.78 is 5.06. The molecule has 1 unspecified atom stereocenters. The maximum Gasteiger partial charge on any atom is 0.308 e. The molecule has 3 aromatic carbocycles. The van der Waals surface area contributed by atoms with Crippen molar-refractivity contribution in [3.8, 4) is 5.75 Å². The van der Waals surface area contributed by atoms with E-state index in [1.54, 1.807) is 47.4 Å². The summed E-state index contributed by atoms with van der Waals surface area (Å²) in [4.78, 5) is 67.2. The van der Waals surface area contributed by atoms with Crippen LogP contribution in [0.25, 0.3) is 0 Å². The lowest BCUT2D eigenvalue weighted by molar-refractivity contribution is -0.137. The van der Waals surface area contributed by atoms with E-state index < -0.39 is 23.8 Å². The molecule has 0 saturated carbocycles. The van der Waals surface area contributed by atoms with Crippen molar-refractivity contribution >= 4 is 29.6 Å². The van der Waals surface area contributed by atoms with Gasteiger partial charge < -0.3 is 15.0 Å². The fourth-order valence-corrected chi connectivity index (χ4v) is 5.39. The minimum absolute atomic E-state index is 0.159. The van der Waals surface area contributed by atoms with E-state index in [2.05, 4.69) is 5.32 Å². The fourth-order valence-electron chi connectivity index (χ4n) is 5.39. The monoisotopic (exact) mass is 553 g/mol. The van der Waals surface area contributed by atoms with Gasteiger partial charge in [-0.05, 0) is 54.7 Å². The molecule has 1 fully saturated rings. The minimum atomic E-state index is -0.953. The van der Waals surface area contributed by atoms with Crippen LogP contribution in [0.15, 0.2) is 78.9 Å². The van der Waals surface area contributed by atoms with Crippen molar-refractivity contribution in [2.24, 2.45) is 5.92 Å². The van der Waals surface area contributed by atoms with Gasteiger partial charge in [0.15, 0.2) is 0 Å². The van der Waals surface area contributed by atoms with Crippen molar-refractivity contribution in [2.45, 2.75) is 32.2 Å². The average Bonchev–Trinajstić information content (AvgIpc) is 3.24. The number of fused-ring (bicyclic) bond motifs is 1. The van der Waals surface area contributed by atoms with Gasteiger partial charge in [-0.1, -0.05) is 48.5 Å². The molecular formula is C32H31N3O6. The molecule has 0 radical (unpaired) electrons. The highest BCUT2D eigenvalue weighted by atomic mass is 16.5. The first-order valence-corrected chi connectivity index (χ1v) is 13.7. The molecule has 2 aliphatic heterocycles. The average molecular weight is 554 g/mol. The van der Waals surface area contributed by atoms with Gasteiger partial charge in [-0.2, -0.15) is 0 Å². The Labute approximate surface area is 238 Å². The second-order valence-electron chi connectivity index (χ2n) is 10.3. The van der Waals surface area contributed by atoms with Gasteiger partial charge in [0, 0.05) is 38.5 Å². The maximum atomic E-state index is 13.9. The number of carbonyl (C=O) groups excluding carboxylic acids is 5. The highest BCUT2D eigenvalue weighted by molar-refractivity contribution is 6.22. The second-order valence-corrected chi connectivity index (χ2v) is 10.3. The molecule has 210 valence electrons. The smallest absolute Gasteiger partial charge is 0.308 e. The summed E-state index contributed by atoms with van der Waals surface area (Å²) in [5, 5.41) is 2.93. The Bertz CT molecular complexity index is 1440. The fraction of sp³-hybridized carbons (Fsp3) is 0.281. The molecular weight excluding hydrogens is 522 g/mol. The number of nitrogens with one attached hydrogen (secondary N) is 1. The van der Waals surface area contributed by atoms with Crippen molar-refractivity contribution in [1.82, 2.24) is 15.1 Å². The molecule has 3 aromatic rings. The normalized spacial score (nSPS) is 15.8. The third kappa shape index (κ3) is 6.19. The Morgan fingerprint density at radius 2 is 1.51 bits per heavy atom. The zero-order valence-electron chi connectivity index (χ0n) is 22.7. The number of hydrogen-bond acceptors (Lipinski definition) is 6. The van der Waals surface area contributed by atoms with Crippen LogP contribution in [0, 0.1) is 5.92 Å². The van der Waals surface area contributed by atoms with Crippen LogP contribution in [0.1, 0.15) is 56.4 Å². The summed E-state index contributed by atoms with van der Waals surface area (Å²) in [6.45, 7) is 2.64. The predicted octanol–water partition coefficient (Wildman–Crippen LogP) is 3.49. The van der Waals surface area contributed by atoms with Crippen LogP contribution in [-0.4, -0.2) is 65.1 Å². The molecule has 0 spiro atoms. The largest absolute Gasteiger partial charge is 0.427 e. The number of imide groups is 1. The zero-order chi connectivity index (χ0) is 28.9. The van der Waals surface area contributed by atoms with Crippen LogP contribution in [0.3, 0.4) is 0 Å². The molecule has 9 nitrogen and oxygen atoms in total. The van der Waals surface area contributed by atoms with Gasteiger partial charge in [0.25, 0.3) is 17.7 Å². The first-order valence-electron chi connectivity index (χ1n) is 13.7. The van der Waals surface area contributed by atoms with E-state index in [9.17, 15) is 24.0 Å². The third-order valence-corrected chi connectivity index (χ3v) is 7.53. The number of nitrogens with zero attached hydrogens (tertiary/aromatic N) is 2. The molecule has 4 amide bonds. The molecule has 41 heavy (non-hydrogen) atoms. The molecule has 0 bridgehead atoms. The van der Waals surface area contributed by atoms with Gasteiger partial charge >= 0.3 is 5.97 Å². The number of carbonyl (C=O) groups is 5. The first-order chi connectivity index (χ1) is 19.8. The Balaban J connectivity index is 1.22. The molecule has 2 heterocycles. The van der Waals surface area contributed by atoms with E-state index in [4.69, 9.17) is 4.74 Å². The number of rotatable bonds is 8. The Kier molecular flexibility index (Phi) is 8.24. The first kappa shape index (κ1) is 27.8. The van der Waals surface area contributed by atoms with E-state index >= 15 is 0 Å². The number of likely N-dealkylation sites (tertiary alicyclic amines) is 1. The van der Waals surface area contributed by atoms with Crippen LogP contribution in [0.5, 0.6) is 5.75 Å². The summed E-state index contributed by atoms with van der Waals surface area (Å²) in [6.07, 6.45) is 1.56. The van der Waals surface area contributed by atoms with Crippen LogP contribution < -0.4 is 10.1 Å². The molecule has 1 N–H and O–H groups in total. The van der Waals surface area contributed by atoms with Gasteiger partial charge in [-0.25, -0.2) is 0 Å². The van der Waals surface area contributed by atoms with E-state index in [0.29, 0.717) is 54.9 Å². The molecule has 1 atom stereocenters. The molecule has 2 aliphatic rings. The van der Waals surface area contributed by atoms with Crippen LogP contribution >= 0.6 is 0 Å². The number of hydrogen-bond donors (Lipinski definition) is 1. The highest BCUT2D eigenvalue weighted by Gasteiger charge is 2.44. The zero-order valence-corrected chi connectivity index (χ0v) is 22.7. The van der Waals surface area contributed by atoms with Gasteiger partial charge in [-0.3, -0.25) is 28.9 Å². The van der Waals surface area contributed by atoms with Crippen LogP contribution in [0.2, 0.25) is 0 Å². The van der Waals surface area contributed by atoms with Crippen molar-refractivity contribution < 1.29 is 28.7 Å². The highest BCUT2D eigenvalue weighted by Crippen LogP contribution is 2.28.